The Balaban J connectivity index is 2.00. The van der Waals surface area contributed by atoms with Crippen LogP contribution in [0.15, 0.2) is 54.6 Å². The average molecular weight is 443 g/mol. The second-order valence-corrected chi connectivity index (χ2v) is 8.23. The standard InChI is InChI=1S/C24H30N2O6/c1-24(2,3)32-21(28)14-13-20(22(29)25-19-11-9-17(15-27)10-12-19)26-23(30)31-16-18-7-5-4-6-8-18/h4-12,20,27H,13-16H2,1-3H3,(H,25,29)(H,26,30)/t20-/m0/s1. The van der Waals surface area contributed by atoms with Crippen LogP contribution in [0.5, 0.6) is 0 Å². The van der Waals surface area contributed by atoms with Crippen molar-refractivity contribution >= 4 is 23.7 Å². The first kappa shape index (κ1) is 24.9. The molecule has 0 saturated heterocycles. The van der Waals surface area contributed by atoms with Crippen LogP contribution in [0.1, 0.15) is 44.7 Å². The van der Waals surface area contributed by atoms with Gasteiger partial charge in [0.25, 0.3) is 0 Å². The van der Waals surface area contributed by atoms with E-state index in [9.17, 15) is 14.4 Å². The number of alkyl carbamates (subject to hydrolysis) is 1. The fourth-order valence-electron chi connectivity index (χ4n) is 2.75. The summed E-state index contributed by atoms with van der Waals surface area (Å²) >= 11 is 0. The quantitative estimate of drug-likeness (QED) is 0.512. The first-order chi connectivity index (χ1) is 15.2. The molecule has 0 aliphatic carbocycles. The van der Waals surface area contributed by atoms with Crippen molar-refractivity contribution in [2.75, 3.05) is 5.32 Å². The van der Waals surface area contributed by atoms with E-state index >= 15 is 0 Å². The minimum atomic E-state index is -1.01. The zero-order chi connectivity index (χ0) is 23.6. The Hall–Kier alpha value is -3.39. The minimum Gasteiger partial charge on any atom is -0.460 e. The molecule has 0 fully saturated rings. The third kappa shape index (κ3) is 9.18. The van der Waals surface area contributed by atoms with Gasteiger partial charge in [0.2, 0.25) is 5.91 Å². The number of rotatable bonds is 9. The predicted molar refractivity (Wildman–Crippen MR) is 120 cm³/mol. The number of anilines is 1. The molecule has 0 aromatic heterocycles. The Morgan fingerprint density at radius 3 is 2.22 bits per heavy atom. The zero-order valence-electron chi connectivity index (χ0n) is 18.6. The fraction of sp³-hybridized carbons (Fsp3) is 0.375. The van der Waals surface area contributed by atoms with Crippen molar-refractivity contribution in [1.82, 2.24) is 5.32 Å². The summed E-state index contributed by atoms with van der Waals surface area (Å²) in [5.41, 5.74) is 1.35. The zero-order valence-corrected chi connectivity index (χ0v) is 18.6. The molecule has 2 aromatic carbocycles. The van der Waals surface area contributed by atoms with Gasteiger partial charge < -0.3 is 25.2 Å². The molecule has 0 radical (unpaired) electrons. The highest BCUT2D eigenvalue weighted by atomic mass is 16.6. The number of carbonyl (C=O) groups excluding carboxylic acids is 3. The molecule has 32 heavy (non-hydrogen) atoms. The number of hydrogen-bond acceptors (Lipinski definition) is 6. The second kappa shape index (κ2) is 11.9. The number of aliphatic hydroxyl groups is 1. The van der Waals surface area contributed by atoms with E-state index in [4.69, 9.17) is 14.6 Å². The van der Waals surface area contributed by atoms with Crippen molar-refractivity contribution in [1.29, 1.82) is 0 Å². The lowest BCUT2D eigenvalue weighted by atomic mass is 10.1. The predicted octanol–water partition coefficient (Wildman–Crippen LogP) is 3.53. The van der Waals surface area contributed by atoms with Gasteiger partial charge in [-0.05, 0) is 50.5 Å². The summed E-state index contributed by atoms with van der Waals surface area (Å²) in [6.07, 6.45) is -0.790. The molecular formula is C24H30N2O6. The van der Waals surface area contributed by atoms with E-state index in [0.717, 1.165) is 5.56 Å². The number of hydrogen-bond donors (Lipinski definition) is 3. The highest BCUT2D eigenvalue weighted by molar-refractivity contribution is 5.96. The van der Waals surface area contributed by atoms with Gasteiger partial charge in [-0.15, -0.1) is 0 Å². The van der Waals surface area contributed by atoms with Crippen molar-refractivity contribution in [3.8, 4) is 0 Å². The van der Waals surface area contributed by atoms with Gasteiger partial charge in [-0.2, -0.15) is 0 Å². The monoisotopic (exact) mass is 442 g/mol. The summed E-state index contributed by atoms with van der Waals surface area (Å²) in [5.74, 6) is -0.969. The largest absolute Gasteiger partial charge is 0.460 e. The number of carbonyl (C=O) groups is 3. The molecule has 8 nitrogen and oxygen atoms in total. The van der Waals surface area contributed by atoms with Crippen LogP contribution in [0.3, 0.4) is 0 Å². The molecule has 2 rings (SSSR count). The van der Waals surface area contributed by atoms with Crippen LogP contribution in [0.25, 0.3) is 0 Å². The maximum Gasteiger partial charge on any atom is 0.408 e. The van der Waals surface area contributed by atoms with Crippen molar-refractivity contribution in [3.05, 3.63) is 65.7 Å². The molecule has 0 aliphatic rings. The lowest BCUT2D eigenvalue weighted by Crippen LogP contribution is -2.44. The topological polar surface area (TPSA) is 114 Å². The van der Waals surface area contributed by atoms with E-state index in [1.54, 1.807) is 45.0 Å². The summed E-state index contributed by atoms with van der Waals surface area (Å²) in [6.45, 7) is 5.20. The Kier molecular flexibility index (Phi) is 9.22. The summed E-state index contributed by atoms with van der Waals surface area (Å²) in [7, 11) is 0. The van der Waals surface area contributed by atoms with Crippen molar-refractivity contribution in [3.63, 3.8) is 0 Å². The van der Waals surface area contributed by atoms with Crippen LogP contribution in [-0.2, 0) is 32.3 Å². The molecular weight excluding hydrogens is 412 g/mol. The van der Waals surface area contributed by atoms with Crippen molar-refractivity contribution in [2.45, 2.75) is 58.5 Å². The van der Waals surface area contributed by atoms with Gasteiger partial charge in [0, 0.05) is 12.1 Å². The molecule has 2 amide bonds. The van der Waals surface area contributed by atoms with E-state index in [1.807, 2.05) is 30.3 Å². The third-order valence-electron chi connectivity index (χ3n) is 4.28. The van der Waals surface area contributed by atoms with E-state index in [0.29, 0.717) is 11.3 Å². The summed E-state index contributed by atoms with van der Waals surface area (Å²) in [5, 5.41) is 14.4. The second-order valence-electron chi connectivity index (χ2n) is 8.23. The number of benzene rings is 2. The highest BCUT2D eigenvalue weighted by Crippen LogP contribution is 2.13. The summed E-state index contributed by atoms with van der Waals surface area (Å²) < 4.78 is 10.5. The Morgan fingerprint density at radius 2 is 1.62 bits per heavy atom. The average Bonchev–Trinajstić information content (AvgIpc) is 2.75. The van der Waals surface area contributed by atoms with Gasteiger partial charge in [0.05, 0.1) is 6.61 Å². The number of aliphatic hydroxyl groups excluding tert-OH is 1. The number of esters is 1. The maximum atomic E-state index is 12.8. The molecule has 0 spiro atoms. The summed E-state index contributed by atoms with van der Waals surface area (Å²) in [6, 6.07) is 14.8. The number of nitrogens with one attached hydrogen (secondary N) is 2. The molecule has 0 saturated carbocycles. The molecule has 0 unspecified atom stereocenters. The van der Waals surface area contributed by atoms with Crippen LogP contribution in [0.2, 0.25) is 0 Å². The van der Waals surface area contributed by atoms with E-state index in [1.165, 1.54) is 0 Å². The van der Waals surface area contributed by atoms with E-state index < -0.39 is 29.6 Å². The lowest BCUT2D eigenvalue weighted by Gasteiger charge is -2.21. The normalized spacial score (nSPS) is 11.9. The van der Waals surface area contributed by atoms with Crippen LogP contribution in [0.4, 0.5) is 10.5 Å². The Labute approximate surface area is 187 Å². The van der Waals surface area contributed by atoms with Crippen molar-refractivity contribution < 1.29 is 29.0 Å². The van der Waals surface area contributed by atoms with Gasteiger partial charge in [-0.1, -0.05) is 42.5 Å². The third-order valence-corrected chi connectivity index (χ3v) is 4.28. The lowest BCUT2D eigenvalue weighted by molar-refractivity contribution is -0.155. The molecule has 1 atom stereocenters. The van der Waals surface area contributed by atoms with Crippen LogP contribution in [-0.4, -0.2) is 34.7 Å². The van der Waals surface area contributed by atoms with Gasteiger partial charge in [0.15, 0.2) is 0 Å². The number of amides is 2. The maximum absolute atomic E-state index is 12.8. The van der Waals surface area contributed by atoms with E-state index in [-0.39, 0.29) is 26.1 Å². The van der Waals surface area contributed by atoms with Crippen molar-refractivity contribution in [2.24, 2.45) is 0 Å². The van der Waals surface area contributed by atoms with E-state index in [2.05, 4.69) is 10.6 Å². The number of ether oxygens (including phenoxy) is 2. The van der Waals surface area contributed by atoms with Crippen LogP contribution < -0.4 is 10.6 Å². The van der Waals surface area contributed by atoms with Crippen LogP contribution in [0, 0.1) is 0 Å². The Bertz CT molecular complexity index is 891. The van der Waals surface area contributed by atoms with Crippen LogP contribution >= 0.6 is 0 Å². The molecule has 0 aliphatic heterocycles. The molecule has 3 N–H and O–H groups in total. The SMILES string of the molecule is CC(C)(C)OC(=O)CC[C@H](NC(=O)OCc1ccccc1)C(=O)Nc1ccc(CO)cc1. The van der Waals surface area contributed by atoms with Gasteiger partial charge in [-0.3, -0.25) is 9.59 Å². The van der Waals surface area contributed by atoms with Gasteiger partial charge in [0.1, 0.15) is 18.2 Å². The fourth-order valence-corrected chi connectivity index (χ4v) is 2.75. The van der Waals surface area contributed by atoms with Gasteiger partial charge >= 0.3 is 12.1 Å². The molecule has 8 heteroatoms. The Morgan fingerprint density at radius 1 is 0.969 bits per heavy atom. The van der Waals surface area contributed by atoms with Gasteiger partial charge in [-0.25, -0.2) is 4.79 Å². The molecule has 2 aromatic rings. The summed E-state index contributed by atoms with van der Waals surface area (Å²) in [4.78, 5) is 37.2. The first-order valence-corrected chi connectivity index (χ1v) is 10.4. The molecule has 0 bridgehead atoms. The highest BCUT2D eigenvalue weighted by Gasteiger charge is 2.24. The smallest absolute Gasteiger partial charge is 0.408 e. The molecule has 172 valence electrons. The molecule has 0 heterocycles. The first-order valence-electron chi connectivity index (χ1n) is 10.4. The minimum absolute atomic E-state index is 0.0376.